The summed E-state index contributed by atoms with van der Waals surface area (Å²) in [5.41, 5.74) is 2.39. The van der Waals surface area contributed by atoms with Crippen molar-refractivity contribution < 1.29 is 0 Å². The molecule has 0 fully saturated rings. The molecule has 1 N–H and O–H groups in total. The maximum absolute atomic E-state index is 6.04. The van der Waals surface area contributed by atoms with E-state index in [1.54, 1.807) is 11.3 Å². The molecule has 96 valence electrons. The van der Waals surface area contributed by atoms with Gasteiger partial charge in [-0.1, -0.05) is 29.3 Å². The van der Waals surface area contributed by atoms with Gasteiger partial charge in [-0.2, -0.15) is 0 Å². The van der Waals surface area contributed by atoms with Crippen molar-refractivity contribution >= 4 is 34.5 Å². The monoisotopic (exact) mass is 299 g/mol. The van der Waals surface area contributed by atoms with E-state index in [4.69, 9.17) is 23.2 Å². The van der Waals surface area contributed by atoms with Crippen LogP contribution in [0.3, 0.4) is 0 Å². The molecule has 1 unspecified atom stereocenters. The number of aryl methyl sites for hydroxylation is 1. The minimum absolute atomic E-state index is 0.293. The van der Waals surface area contributed by atoms with Crippen molar-refractivity contribution in [3.8, 4) is 0 Å². The summed E-state index contributed by atoms with van der Waals surface area (Å²) in [4.78, 5) is 1.25. The van der Waals surface area contributed by atoms with E-state index in [1.807, 2.05) is 18.2 Å². The number of benzene rings is 1. The predicted octanol–water partition coefficient (Wildman–Crippen LogP) is 5.21. The molecule has 0 saturated heterocycles. The molecule has 0 radical (unpaired) electrons. The Kier molecular flexibility index (Phi) is 4.68. The van der Waals surface area contributed by atoms with Crippen LogP contribution in [0.4, 0.5) is 0 Å². The third-order valence-electron chi connectivity index (χ3n) is 2.74. The number of rotatable bonds is 4. The maximum Gasteiger partial charge on any atom is 0.0931 e. The molecular weight excluding hydrogens is 285 g/mol. The van der Waals surface area contributed by atoms with Gasteiger partial charge >= 0.3 is 0 Å². The molecular formula is C14H15Cl2NS. The summed E-state index contributed by atoms with van der Waals surface area (Å²) in [5.74, 6) is 0. The first kappa shape index (κ1) is 13.9. The fourth-order valence-electron chi connectivity index (χ4n) is 1.85. The molecule has 0 spiro atoms. The average Bonchev–Trinajstić information content (AvgIpc) is 2.71. The minimum Gasteiger partial charge on any atom is -0.305 e. The topological polar surface area (TPSA) is 12.0 Å². The first-order valence-corrected chi connectivity index (χ1v) is 7.36. The van der Waals surface area contributed by atoms with Crippen molar-refractivity contribution in [3.05, 3.63) is 55.7 Å². The van der Waals surface area contributed by atoms with Gasteiger partial charge in [0, 0.05) is 22.5 Å². The summed E-state index contributed by atoms with van der Waals surface area (Å²) in [6.45, 7) is 5.00. The Morgan fingerprint density at radius 2 is 2.00 bits per heavy atom. The standard InChI is InChI=1S/C14H15Cl2NS/c1-9-5-11(7-12(15)6-9)8-17-10(2)13-3-4-14(16)18-13/h3-7,10,17H,8H2,1-2H3. The Bertz CT molecular complexity index is 516. The molecule has 0 aliphatic rings. The van der Waals surface area contributed by atoms with Gasteiger partial charge in [-0.3, -0.25) is 0 Å². The zero-order valence-corrected chi connectivity index (χ0v) is 12.7. The van der Waals surface area contributed by atoms with Gasteiger partial charge in [0.1, 0.15) is 0 Å². The smallest absolute Gasteiger partial charge is 0.0931 e. The van der Waals surface area contributed by atoms with Crippen LogP contribution in [0.1, 0.15) is 29.0 Å². The van der Waals surface area contributed by atoms with Gasteiger partial charge in [0.2, 0.25) is 0 Å². The van der Waals surface area contributed by atoms with E-state index in [0.717, 1.165) is 15.9 Å². The van der Waals surface area contributed by atoms with Crippen LogP contribution in [0.5, 0.6) is 0 Å². The minimum atomic E-state index is 0.293. The fraction of sp³-hybridized carbons (Fsp3) is 0.286. The maximum atomic E-state index is 6.04. The highest BCUT2D eigenvalue weighted by molar-refractivity contribution is 7.16. The lowest BCUT2D eigenvalue weighted by Crippen LogP contribution is -2.17. The van der Waals surface area contributed by atoms with E-state index < -0.39 is 0 Å². The third-order valence-corrected chi connectivity index (χ3v) is 4.37. The Labute approximate surface area is 122 Å². The van der Waals surface area contributed by atoms with Gasteiger partial charge in [0.15, 0.2) is 0 Å². The predicted molar refractivity (Wildman–Crippen MR) is 80.8 cm³/mol. The van der Waals surface area contributed by atoms with Gasteiger partial charge in [-0.05, 0) is 49.2 Å². The highest BCUT2D eigenvalue weighted by Gasteiger charge is 2.07. The molecule has 4 heteroatoms. The first-order chi connectivity index (χ1) is 8.54. The number of halogens is 2. The quantitative estimate of drug-likeness (QED) is 0.817. The zero-order valence-electron chi connectivity index (χ0n) is 10.3. The van der Waals surface area contributed by atoms with Gasteiger partial charge in [-0.25, -0.2) is 0 Å². The summed E-state index contributed by atoms with van der Waals surface area (Å²) in [6, 6.07) is 10.4. The highest BCUT2D eigenvalue weighted by atomic mass is 35.5. The van der Waals surface area contributed by atoms with Crippen molar-refractivity contribution in [1.29, 1.82) is 0 Å². The number of hydrogen-bond acceptors (Lipinski definition) is 2. The molecule has 1 aromatic heterocycles. The van der Waals surface area contributed by atoms with E-state index in [1.165, 1.54) is 16.0 Å². The number of nitrogens with one attached hydrogen (secondary N) is 1. The largest absolute Gasteiger partial charge is 0.305 e. The van der Waals surface area contributed by atoms with Crippen molar-refractivity contribution in [3.63, 3.8) is 0 Å². The highest BCUT2D eigenvalue weighted by Crippen LogP contribution is 2.27. The van der Waals surface area contributed by atoms with Crippen molar-refractivity contribution in [1.82, 2.24) is 5.32 Å². The molecule has 0 aliphatic carbocycles. The fourth-order valence-corrected chi connectivity index (χ4v) is 3.25. The molecule has 0 saturated carbocycles. The van der Waals surface area contributed by atoms with Crippen LogP contribution in [0, 0.1) is 6.92 Å². The Balaban J connectivity index is 1.99. The summed E-state index contributed by atoms with van der Waals surface area (Å²) in [5, 5.41) is 4.27. The summed E-state index contributed by atoms with van der Waals surface area (Å²) in [6.07, 6.45) is 0. The van der Waals surface area contributed by atoms with Crippen LogP contribution >= 0.6 is 34.5 Å². The second-order valence-electron chi connectivity index (χ2n) is 4.38. The molecule has 1 atom stereocenters. The van der Waals surface area contributed by atoms with E-state index in [2.05, 4.69) is 31.3 Å². The molecule has 1 nitrogen and oxygen atoms in total. The van der Waals surface area contributed by atoms with E-state index >= 15 is 0 Å². The van der Waals surface area contributed by atoms with E-state index in [0.29, 0.717) is 6.04 Å². The molecule has 18 heavy (non-hydrogen) atoms. The number of thiophene rings is 1. The van der Waals surface area contributed by atoms with Crippen LogP contribution in [0.15, 0.2) is 30.3 Å². The third kappa shape index (κ3) is 3.72. The molecule has 0 bridgehead atoms. The average molecular weight is 300 g/mol. The molecule has 0 amide bonds. The van der Waals surface area contributed by atoms with Gasteiger partial charge in [0.25, 0.3) is 0 Å². The van der Waals surface area contributed by atoms with Crippen LogP contribution in [0.2, 0.25) is 9.36 Å². The Hall–Kier alpha value is -0.540. The van der Waals surface area contributed by atoms with Crippen molar-refractivity contribution in [2.24, 2.45) is 0 Å². The molecule has 2 rings (SSSR count). The Morgan fingerprint density at radius 1 is 1.22 bits per heavy atom. The lowest BCUT2D eigenvalue weighted by molar-refractivity contribution is 0.583. The van der Waals surface area contributed by atoms with E-state index in [-0.39, 0.29) is 0 Å². The summed E-state index contributed by atoms with van der Waals surface area (Å²) in [7, 11) is 0. The Morgan fingerprint density at radius 3 is 2.61 bits per heavy atom. The van der Waals surface area contributed by atoms with Gasteiger partial charge in [0.05, 0.1) is 4.34 Å². The summed E-state index contributed by atoms with van der Waals surface area (Å²) >= 11 is 13.6. The van der Waals surface area contributed by atoms with Gasteiger partial charge in [-0.15, -0.1) is 11.3 Å². The van der Waals surface area contributed by atoms with Crippen molar-refractivity contribution in [2.45, 2.75) is 26.4 Å². The second-order valence-corrected chi connectivity index (χ2v) is 6.56. The molecule has 0 aliphatic heterocycles. The first-order valence-electron chi connectivity index (χ1n) is 5.79. The SMILES string of the molecule is Cc1cc(Cl)cc(CNC(C)c2ccc(Cl)s2)c1. The molecule has 2 aromatic rings. The lowest BCUT2D eigenvalue weighted by atomic mass is 10.1. The van der Waals surface area contributed by atoms with Crippen LogP contribution in [-0.4, -0.2) is 0 Å². The second kappa shape index (κ2) is 6.07. The van der Waals surface area contributed by atoms with Gasteiger partial charge < -0.3 is 5.32 Å². The normalized spacial score (nSPS) is 12.7. The van der Waals surface area contributed by atoms with Crippen LogP contribution in [-0.2, 0) is 6.54 Å². The zero-order chi connectivity index (χ0) is 13.1. The lowest BCUT2D eigenvalue weighted by Gasteiger charge is -2.12. The van der Waals surface area contributed by atoms with Crippen molar-refractivity contribution in [2.75, 3.05) is 0 Å². The van der Waals surface area contributed by atoms with Crippen LogP contribution in [0.25, 0.3) is 0 Å². The van der Waals surface area contributed by atoms with E-state index in [9.17, 15) is 0 Å². The van der Waals surface area contributed by atoms with Crippen LogP contribution < -0.4 is 5.32 Å². The number of hydrogen-bond donors (Lipinski definition) is 1. The summed E-state index contributed by atoms with van der Waals surface area (Å²) < 4.78 is 0.831. The molecule has 1 heterocycles. The molecule has 1 aromatic carbocycles.